The van der Waals surface area contributed by atoms with Gasteiger partial charge in [-0.3, -0.25) is 0 Å². The molecule has 1 N–H and O–H groups in total. The average molecular weight is 214 g/mol. The number of imidazole rings is 1. The summed E-state index contributed by atoms with van der Waals surface area (Å²) in [6.45, 7) is 2.24. The van der Waals surface area contributed by atoms with Crippen LogP contribution in [-0.4, -0.2) is 9.97 Å². The van der Waals surface area contributed by atoms with Crippen LogP contribution in [0.25, 0.3) is 11.4 Å². The van der Waals surface area contributed by atoms with Crippen molar-refractivity contribution in [3.05, 3.63) is 42.2 Å². The quantitative estimate of drug-likeness (QED) is 0.753. The van der Waals surface area contributed by atoms with Crippen LogP contribution in [-0.2, 0) is 6.42 Å². The molecule has 2 nitrogen and oxygen atoms in total. The number of rotatable bonds is 5. The Morgan fingerprint density at radius 3 is 2.56 bits per heavy atom. The highest BCUT2D eigenvalue weighted by Gasteiger charge is 1.99. The Labute approximate surface area is 96.7 Å². The number of hydrogen-bond acceptors (Lipinski definition) is 1. The normalized spacial score (nSPS) is 10.6. The monoisotopic (exact) mass is 214 g/mol. The molecular weight excluding hydrogens is 196 g/mol. The molecule has 2 rings (SSSR count). The van der Waals surface area contributed by atoms with Gasteiger partial charge in [0.05, 0.1) is 0 Å². The first-order chi connectivity index (χ1) is 7.90. The lowest BCUT2D eigenvalue weighted by Crippen LogP contribution is -1.86. The molecule has 16 heavy (non-hydrogen) atoms. The topological polar surface area (TPSA) is 28.7 Å². The molecule has 1 heterocycles. The van der Waals surface area contributed by atoms with Crippen molar-refractivity contribution in [1.82, 2.24) is 9.97 Å². The van der Waals surface area contributed by atoms with Crippen LogP contribution in [0, 0.1) is 0 Å². The molecule has 0 saturated heterocycles. The number of aromatic nitrogens is 2. The van der Waals surface area contributed by atoms with Crippen molar-refractivity contribution >= 4 is 0 Å². The minimum atomic E-state index is 0.945. The molecular formula is C14H18N2. The van der Waals surface area contributed by atoms with Crippen molar-refractivity contribution in [1.29, 1.82) is 0 Å². The molecule has 84 valence electrons. The number of H-pyrrole nitrogens is 1. The van der Waals surface area contributed by atoms with Gasteiger partial charge < -0.3 is 4.98 Å². The second-order valence-electron chi connectivity index (χ2n) is 4.09. The van der Waals surface area contributed by atoms with E-state index in [-0.39, 0.29) is 0 Å². The minimum absolute atomic E-state index is 0.945. The van der Waals surface area contributed by atoms with Gasteiger partial charge in [0.2, 0.25) is 0 Å². The first kappa shape index (κ1) is 10.9. The third-order valence-electron chi connectivity index (χ3n) is 2.79. The van der Waals surface area contributed by atoms with Crippen molar-refractivity contribution in [2.45, 2.75) is 32.6 Å². The summed E-state index contributed by atoms with van der Waals surface area (Å²) in [5, 5.41) is 0. The van der Waals surface area contributed by atoms with Gasteiger partial charge in [-0.1, -0.05) is 44.0 Å². The number of hydrogen-bond donors (Lipinski definition) is 1. The summed E-state index contributed by atoms with van der Waals surface area (Å²) in [5.41, 5.74) is 2.58. The lowest BCUT2D eigenvalue weighted by atomic mass is 10.1. The highest BCUT2D eigenvalue weighted by Crippen LogP contribution is 2.16. The Morgan fingerprint density at radius 1 is 1.12 bits per heavy atom. The molecule has 0 atom stereocenters. The maximum Gasteiger partial charge on any atom is 0.137 e. The second-order valence-corrected chi connectivity index (χ2v) is 4.09. The molecule has 0 radical (unpaired) electrons. The Bertz CT molecular complexity index is 401. The number of nitrogens with zero attached hydrogens (tertiary/aromatic N) is 1. The van der Waals surface area contributed by atoms with Gasteiger partial charge in [0.25, 0.3) is 0 Å². The molecule has 0 spiro atoms. The summed E-state index contributed by atoms with van der Waals surface area (Å²) in [7, 11) is 0. The number of aryl methyl sites for hydroxylation is 1. The van der Waals surface area contributed by atoms with Crippen molar-refractivity contribution < 1.29 is 0 Å². The fraction of sp³-hybridized carbons (Fsp3) is 0.357. The predicted octanol–water partition coefficient (Wildman–Crippen LogP) is 3.81. The smallest absolute Gasteiger partial charge is 0.137 e. The third-order valence-corrected chi connectivity index (χ3v) is 2.79. The van der Waals surface area contributed by atoms with E-state index in [1.807, 2.05) is 6.20 Å². The van der Waals surface area contributed by atoms with Crippen LogP contribution in [0.5, 0.6) is 0 Å². The fourth-order valence-corrected chi connectivity index (χ4v) is 1.83. The van der Waals surface area contributed by atoms with Crippen molar-refractivity contribution in [2.75, 3.05) is 0 Å². The van der Waals surface area contributed by atoms with E-state index >= 15 is 0 Å². The predicted molar refractivity (Wildman–Crippen MR) is 67.3 cm³/mol. The summed E-state index contributed by atoms with van der Waals surface area (Å²) in [5.74, 6) is 0.945. The standard InChI is InChI=1S/C14H18N2/c1-2-3-4-5-12-6-8-13(9-7-12)14-15-10-11-16-14/h6-11H,2-5H2,1H3,(H,15,16). The molecule has 1 aromatic heterocycles. The highest BCUT2D eigenvalue weighted by molar-refractivity contribution is 5.55. The van der Waals surface area contributed by atoms with Gasteiger partial charge in [0.1, 0.15) is 5.82 Å². The number of unbranched alkanes of at least 4 members (excludes halogenated alkanes) is 2. The number of benzene rings is 1. The Balaban J connectivity index is 2.00. The van der Waals surface area contributed by atoms with Crippen LogP contribution in [0.1, 0.15) is 31.7 Å². The van der Waals surface area contributed by atoms with Gasteiger partial charge in [-0.25, -0.2) is 4.98 Å². The molecule has 0 aliphatic rings. The molecule has 1 aromatic carbocycles. The van der Waals surface area contributed by atoms with Crippen LogP contribution in [0.2, 0.25) is 0 Å². The Morgan fingerprint density at radius 2 is 1.94 bits per heavy atom. The van der Waals surface area contributed by atoms with E-state index in [2.05, 4.69) is 41.2 Å². The van der Waals surface area contributed by atoms with Crippen LogP contribution in [0.15, 0.2) is 36.7 Å². The molecule has 2 aromatic rings. The number of nitrogens with one attached hydrogen (secondary N) is 1. The highest BCUT2D eigenvalue weighted by atomic mass is 14.9. The summed E-state index contributed by atoms with van der Waals surface area (Å²) < 4.78 is 0. The van der Waals surface area contributed by atoms with Gasteiger partial charge >= 0.3 is 0 Å². The van der Waals surface area contributed by atoms with Crippen LogP contribution in [0.4, 0.5) is 0 Å². The minimum Gasteiger partial charge on any atom is -0.345 e. The molecule has 0 aliphatic carbocycles. The number of aromatic amines is 1. The van der Waals surface area contributed by atoms with E-state index in [0.29, 0.717) is 0 Å². The second kappa shape index (κ2) is 5.50. The van der Waals surface area contributed by atoms with Crippen molar-refractivity contribution in [3.8, 4) is 11.4 Å². The average Bonchev–Trinajstić information content (AvgIpc) is 2.84. The van der Waals surface area contributed by atoms with Crippen LogP contribution in [0.3, 0.4) is 0 Å². The van der Waals surface area contributed by atoms with Gasteiger partial charge in [0.15, 0.2) is 0 Å². The first-order valence-corrected chi connectivity index (χ1v) is 5.99. The molecule has 0 aliphatic heterocycles. The Kier molecular flexibility index (Phi) is 3.76. The summed E-state index contributed by atoms with van der Waals surface area (Å²) in [6.07, 6.45) is 8.71. The molecule has 0 unspecified atom stereocenters. The SMILES string of the molecule is CCCCCc1ccc(-c2ncc[nH]2)cc1. The maximum atomic E-state index is 4.24. The molecule has 0 fully saturated rings. The summed E-state index contributed by atoms with van der Waals surface area (Å²) in [6, 6.07) is 8.68. The van der Waals surface area contributed by atoms with E-state index in [1.54, 1.807) is 6.20 Å². The van der Waals surface area contributed by atoms with E-state index in [0.717, 1.165) is 11.4 Å². The van der Waals surface area contributed by atoms with Gasteiger partial charge in [-0.15, -0.1) is 0 Å². The molecule has 2 heteroatoms. The zero-order valence-corrected chi connectivity index (χ0v) is 9.74. The van der Waals surface area contributed by atoms with E-state index in [1.165, 1.54) is 31.2 Å². The summed E-state index contributed by atoms with van der Waals surface area (Å²) >= 11 is 0. The zero-order valence-electron chi connectivity index (χ0n) is 9.74. The first-order valence-electron chi connectivity index (χ1n) is 5.99. The summed E-state index contributed by atoms with van der Waals surface area (Å²) in [4.78, 5) is 7.35. The van der Waals surface area contributed by atoms with Gasteiger partial charge in [0, 0.05) is 18.0 Å². The lowest BCUT2D eigenvalue weighted by molar-refractivity contribution is 0.717. The van der Waals surface area contributed by atoms with Crippen LogP contribution >= 0.6 is 0 Å². The van der Waals surface area contributed by atoms with Crippen molar-refractivity contribution in [2.24, 2.45) is 0 Å². The van der Waals surface area contributed by atoms with E-state index in [9.17, 15) is 0 Å². The van der Waals surface area contributed by atoms with Gasteiger partial charge in [-0.2, -0.15) is 0 Å². The van der Waals surface area contributed by atoms with E-state index < -0.39 is 0 Å². The Hall–Kier alpha value is -1.57. The molecule has 0 amide bonds. The van der Waals surface area contributed by atoms with Crippen molar-refractivity contribution in [3.63, 3.8) is 0 Å². The maximum absolute atomic E-state index is 4.24. The zero-order chi connectivity index (χ0) is 11.2. The third kappa shape index (κ3) is 2.72. The molecule has 0 bridgehead atoms. The fourth-order valence-electron chi connectivity index (χ4n) is 1.83. The lowest BCUT2D eigenvalue weighted by Gasteiger charge is -2.02. The van der Waals surface area contributed by atoms with Gasteiger partial charge in [-0.05, 0) is 18.4 Å². The van der Waals surface area contributed by atoms with E-state index in [4.69, 9.17) is 0 Å². The van der Waals surface area contributed by atoms with Crippen LogP contribution < -0.4 is 0 Å². The largest absolute Gasteiger partial charge is 0.345 e. The molecule has 0 saturated carbocycles.